The van der Waals surface area contributed by atoms with Crippen molar-refractivity contribution in [1.29, 1.82) is 0 Å². The van der Waals surface area contributed by atoms with Crippen LogP contribution in [0.1, 0.15) is 13.0 Å². The van der Waals surface area contributed by atoms with Gasteiger partial charge in [0.15, 0.2) is 17.0 Å². The predicted molar refractivity (Wildman–Crippen MR) is 95.9 cm³/mol. The second-order valence-electron chi connectivity index (χ2n) is 6.26. The molecule has 0 aromatic carbocycles. The summed E-state index contributed by atoms with van der Waals surface area (Å²) in [6, 6.07) is -0.475. The molecule has 1 aliphatic rings. The standard InChI is InChI=1S/C16H25N7O3/c1-2-17-13(26)7-21-3-5-22(6-4-21)15-14-16(19-10-18-15)23(11-20-14)12(8-24)9-25/h10-12,24-25H,2-9H2,1H3,(H,17,26). The van der Waals surface area contributed by atoms with Crippen molar-refractivity contribution in [1.82, 2.24) is 29.7 Å². The number of aliphatic hydroxyl groups excluding tert-OH is 2. The van der Waals surface area contributed by atoms with Crippen LogP contribution >= 0.6 is 0 Å². The van der Waals surface area contributed by atoms with Gasteiger partial charge in [0.1, 0.15) is 6.33 Å². The van der Waals surface area contributed by atoms with Crippen molar-refractivity contribution < 1.29 is 15.0 Å². The highest BCUT2D eigenvalue weighted by Gasteiger charge is 2.23. The maximum atomic E-state index is 11.7. The molecule has 10 heteroatoms. The lowest BCUT2D eigenvalue weighted by atomic mass is 10.3. The maximum absolute atomic E-state index is 11.7. The quantitative estimate of drug-likeness (QED) is 0.550. The molecule has 0 unspecified atom stereocenters. The number of hydrogen-bond donors (Lipinski definition) is 3. The molecular formula is C16H25N7O3. The smallest absolute Gasteiger partial charge is 0.234 e. The predicted octanol–water partition coefficient (Wildman–Crippen LogP) is -1.39. The highest BCUT2D eigenvalue weighted by molar-refractivity contribution is 5.83. The Kier molecular flexibility index (Phi) is 5.96. The largest absolute Gasteiger partial charge is 0.394 e. The van der Waals surface area contributed by atoms with Crippen molar-refractivity contribution in [3.63, 3.8) is 0 Å². The van der Waals surface area contributed by atoms with E-state index in [1.807, 2.05) is 6.92 Å². The first-order valence-corrected chi connectivity index (χ1v) is 8.81. The maximum Gasteiger partial charge on any atom is 0.234 e. The fourth-order valence-electron chi connectivity index (χ4n) is 3.15. The Labute approximate surface area is 151 Å². The molecule has 3 N–H and O–H groups in total. The first-order valence-electron chi connectivity index (χ1n) is 8.81. The first kappa shape index (κ1) is 18.5. The van der Waals surface area contributed by atoms with Crippen molar-refractivity contribution in [2.24, 2.45) is 0 Å². The molecule has 0 atom stereocenters. The molecule has 10 nitrogen and oxygen atoms in total. The highest BCUT2D eigenvalue weighted by Crippen LogP contribution is 2.24. The third-order valence-electron chi connectivity index (χ3n) is 4.57. The second-order valence-corrected chi connectivity index (χ2v) is 6.26. The van der Waals surface area contributed by atoms with Gasteiger partial charge in [-0.05, 0) is 6.92 Å². The minimum atomic E-state index is -0.475. The van der Waals surface area contributed by atoms with Crippen LogP contribution in [0.2, 0.25) is 0 Å². The number of anilines is 1. The molecule has 3 rings (SSSR count). The van der Waals surface area contributed by atoms with Gasteiger partial charge >= 0.3 is 0 Å². The zero-order chi connectivity index (χ0) is 18.5. The zero-order valence-corrected chi connectivity index (χ0v) is 14.9. The van der Waals surface area contributed by atoms with Crippen LogP contribution in [0.5, 0.6) is 0 Å². The zero-order valence-electron chi connectivity index (χ0n) is 14.9. The van der Waals surface area contributed by atoms with Crippen molar-refractivity contribution >= 4 is 22.9 Å². The normalized spacial score (nSPS) is 15.8. The van der Waals surface area contributed by atoms with E-state index in [9.17, 15) is 15.0 Å². The molecule has 2 aromatic rings. The Bertz CT molecular complexity index is 739. The molecule has 1 fully saturated rings. The number of nitrogens with one attached hydrogen (secondary N) is 1. The van der Waals surface area contributed by atoms with Crippen LogP contribution in [0.25, 0.3) is 11.2 Å². The monoisotopic (exact) mass is 363 g/mol. The fourth-order valence-corrected chi connectivity index (χ4v) is 3.15. The molecule has 0 radical (unpaired) electrons. The van der Waals surface area contributed by atoms with Gasteiger partial charge in [-0.1, -0.05) is 0 Å². The van der Waals surface area contributed by atoms with Gasteiger partial charge in [-0.25, -0.2) is 15.0 Å². The summed E-state index contributed by atoms with van der Waals surface area (Å²) in [7, 11) is 0. The van der Waals surface area contributed by atoms with Gasteiger partial charge in [-0.3, -0.25) is 9.69 Å². The third-order valence-corrected chi connectivity index (χ3v) is 4.57. The number of imidazole rings is 1. The van der Waals surface area contributed by atoms with Crippen molar-refractivity contribution in [2.75, 3.05) is 57.4 Å². The minimum absolute atomic E-state index is 0.0446. The molecule has 2 aromatic heterocycles. The summed E-state index contributed by atoms with van der Waals surface area (Å²) in [5.41, 5.74) is 1.24. The molecule has 0 saturated carbocycles. The van der Waals surface area contributed by atoms with Gasteiger partial charge in [-0.15, -0.1) is 0 Å². The number of aromatic nitrogens is 4. The Morgan fingerprint density at radius 1 is 1.19 bits per heavy atom. The van der Waals surface area contributed by atoms with Crippen LogP contribution in [0.15, 0.2) is 12.7 Å². The van der Waals surface area contributed by atoms with E-state index in [0.29, 0.717) is 24.3 Å². The topological polar surface area (TPSA) is 120 Å². The molecule has 0 bridgehead atoms. The molecule has 0 aliphatic carbocycles. The molecule has 142 valence electrons. The number of fused-ring (bicyclic) bond motifs is 1. The number of piperazine rings is 1. The summed E-state index contributed by atoms with van der Waals surface area (Å²) >= 11 is 0. The molecular weight excluding hydrogens is 338 g/mol. The molecule has 0 spiro atoms. The van der Waals surface area contributed by atoms with Crippen LogP contribution in [-0.4, -0.2) is 93.0 Å². The number of likely N-dealkylation sites (N-methyl/N-ethyl adjacent to an activating group) is 1. The number of hydrogen-bond acceptors (Lipinski definition) is 8. The SMILES string of the molecule is CCNC(=O)CN1CCN(c2ncnc3c2ncn3C(CO)CO)CC1. The second kappa shape index (κ2) is 8.39. The number of carbonyl (C=O) groups excluding carboxylic acids is 1. The average Bonchev–Trinajstić information content (AvgIpc) is 3.08. The average molecular weight is 363 g/mol. The molecule has 1 aliphatic heterocycles. The van der Waals surface area contributed by atoms with E-state index in [-0.39, 0.29) is 19.1 Å². The summed E-state index contributed by atoms with van der Waals surface area (Å²) in [4.78, 5) is 29.0. The summed E-state index contributed by atoms with van der Waals surface area (Å²) in [5, 5.41) is 21.6. The number of nitrogens with zero attached hydrogens (tertiary/aromatic N) is 6. The van der Waals surface area contributed by atoms with Crippen molar-refractivity contribution in [2.45, 2.75) is 13.0 Å². The highest BCUT2D eigenvalue weighted by atomic mass is 16.3. The Morgan fingerprint density at radius 2 is 1.92 bits per heavy atom. The summed E-state index contributed by atoms with van der Waals surface area (Å²) in [6.07, 6.45) is 3.05. The molecule has 3 heterocycles. The molecule has 26 heavy (non-hydrogen) atoms. The number of aliphatic hydroxyl groups is 2. The summed E-state index contributed by atoms with van der Waals surface area (Å²) in [5.74, 6) is 0.782. The number of amides is 1. The number of carbonyl (C=O) groups is 1. The van der Waals surface area contributed by atoms with E-state index >= 15 is 0 Å². The van der Waals surface area contributed by atoms with E-state index in [0.717, 1.165) is 32.0 Å². The summed E-state index contributed by atoms with van der Waals surface area (Å²) < 4.78 is 1.67. The lowest BCUT2D eigenvalue weighted by Crippen LogP contribution is -2.49. The van der Waals surface area contributed by atoms with Gasteiger partial charge in [-0.2, -0.15) is 0 Å². The lowest BCUT2D eigenvalue weighted by molar-refractivity contribution is -0.122. The number of rotatable bonds is 7. The van der Waals surface area contributed by atoms with Crippen LogP contribution < -0.4 is 10.2 Å². The van der Waals surface area contributed by atoms with E-state index in [4.69, 9.17) is 0 Å². The van der Waals surface area contributed by atoms with Crippen LogP contribution in [0.3, 0.4) is 0 Å². The van der Waals surface area contributed by atoms with Crippen LogP contribution in [0, 0.1) is 0 Å². The van der Waals surface area contributed by atoms with Gasteiger partial charge in [0.25, 0.3) is 0 Å². The molecule has 1 amide bonds. The van der Waals surface area contributed by atoms with E-state index < -0.39 is 6.04 Å². The van der Waals surface area contributed by atoms with Crippen LogP contribution in [-0.2, 0) is 4.79 Å². The lowest BCUT2D eigenvalue weighted by Gasteiger charge is -2.34. The summed E-state index contributed by atoms with van der Waals surface area (Å²) in [6.45, 7) is 5.57. The van der Waals surface area contributed by atoms with Gasteiger partial charge < -0.3 is 25.0 Å². The Hall–Kier alpha value is -2.30. The van der Waals surface area contributed by atoms with Crippen molar-refractivity contribution in [3.05, 3.63) is 12.7 Å². The first-order chi connectivity index (χ1) is 12.7. The Morgan fingerprint density at radius 3 is 2.58 bits per heavy atom. The van der Waals surface area contributed by atoms with Gasteiger partial charge in [0, 0.05) is 32.7 Å². The van der Waals surface area contributed by atoms with Crippen LogP contribution in [0.4, 0.5) is 5.82 Å². The Balaban J connectivity index is 1.73. The molecule has 1 saturated heterocycles. The fraction of sp³-hybridized carbons (Fsp3) is 0.625. The van der Waals surface area contributed by atoms with Crippen molar-refractivity contribution in [3.8, 4) is 0 Å². The van der Waals surface area contributed by atoms with E-state index in [2.05, 4.69) is 30.1 Å². The van der Waals surface area contributed by atoms with E-state index in [1.54, 1.807) is 10.9 Å². The van der Waals surface area contributed by atoms with E-state index in [1.165, 1.54) is 6.33 Å². The third kappa shape index (κ3) is 3.76. The minimum Gasteiger partial charge on any atom is -0.394 e. The van der Waals surface area contributed by atoms with Gasteiger partial charge in [0.2, 0.25) is 5.91 Å². The van der Waals surface area contributed by atoms with Gasteiger partial charge in [0.05, 0.1) is 32.1 Å².